The monoisotopic (exact) mass is 938 g/mol. The number of ether oxygens (including phenoxy) is 2. The number of methoxy groups -OCH3 is 1. The second-order valence-corrected chi connectivity index (χ2v) is 17.7. The highest BCUT2D eigenvalue weighted by Crippen LogP contribution is 2.59. The highest BCUT2D eigenvalue weighted by atomic mass is 35.5. The normalized spacial score (nSPS) is 21.4. The lowest BCUT2D eigenvalue weighted by molar-refractivity contribution is -0.274. The van der Waals surface area contributed by atoms with Crippen LogP contribution in [-0.2, 0) is 19.1 Å². The van der Waals surface area contributed by atoms with E-state index in [0.717, 1.165) is 35.9 Å². The molecule has 5 aromatic rings. The SMILES string of the molecule is COc1ccc(NC(=O)N(Cc2ccc(OC(F)(F)F)cc2)C[C@]2(O)CC[C@H]3c4ccc(cc4C(=O)c4ccc(-c5cc(C(F)(F)F)ccc5Cl)o4)C[C@@H](O)CCC(C)=CCC[C@@]32C)cc1. The Hall–Kier alpha value is -5.77. The average molecular weight is 939 g/mol. The van der Waals surface area contributed by atoms with E-state index in [0.29, 0.717) is 60.2 Å². The first-order valence-electron chi connectivity index (χ1n) is 21.4. The number of aliphatic hydroxyl groups is 2. The van der Waals surface area contributed by atoms with Crippen molar-refractivity contribution in [2.24, 2.45) is 5.41 Å². The molecule has 9 nitrogen and oxygen atoms in total. The maximum atomic E-state index is 14.7. The molecule has 3 N–H and O–H groups in total. The van der Waals surface area contributed by atoms with Crippen LogP contribution >= 0.6 is 11.6 Å². The fourth-order valence-electron chi connectivity index (χ4n) is 9.23. The quantitative estimate of drug-likeness (QED) is 0.0724. The van der Waals surface area contributed by atoms with Crippen LogP contribution in [0.2, 0.25) is 5.02 Å². The molecule has 8 rings (SSSR count). The summed E-state index contributed by atoms with van der Waals surface area (Å²) in [4.78, 5) is 30.4. The van der Waals surface area contributed by atoms with Gasteiger partial charge in [-0.25, -0.2) is 4.79 Å². The number of rotatable bonds is 10. The second kappa shape index (κ2) is 19.2. The number of hydrogen-bond acceptors (Lipinski definition) is 7. The van der Waals surface area contributed by atoms with Crippen molar-refractivity contribution in [1.82, 2.24) is 4.90 Å². The fraction of sp³-hybridized carbons (Fsp3) is 0.360. The first-order chi connectivity index (χ1) is 31.1. The molecule has 1 heterocycles. The Morgan fingerprint density at radius 2 is 1.62 bits per heavy atom. The summed E-state index contributed by atoms with van der Waals surface area (Å²) in [6.45, 7) is 3.56. The van der Waals surface area contributed by atoms with Gasteiger partial charge in [0.15, 0.2) is 5.76 Å². The van der Waals surface area contributed by atoms with Crippen LogP contribution in [-0.4, -0.2) is 58.6 Å². The average Bonchev–Trinajstić information content (AvgIpc) is 3.85. The molecule has 1 aromatic heterocycles. The van der Waals surface area contributed by atoms with Crippen molar-refractivity contribution in [3.05, 3.63) is 147 Å². The van der Waals surface area contributed by atoms with Crippen molar-refractivity contribution in [2.45, 2.75) is 95.5 Å². The Morgan fingerprint density at radius 3 is 2.30 bits per heavy atom. The van der Waals surface area contributed by atoms with Gasteiger partial charge in [-0.3, -0.25) is 4.79 Å². The van der Waals surface area contributed by atoms with E-state index in [1.165, 1.54) is 36.3 Å². The molecule has 1 saturated carbocycles. The van der Waals surface area contributed by atoms with Crippen molar-refractivity contribution in [3.8, 4) is 22.8 Å². The fourth-order valence-corrected chi connectivity index (χ4v) is 9.44. The van der Waals surface area contributed by atoms with Gasteiger partial charge in [0, 0.05) is 28.8 Å². The van der Waals surface area contributed by atoms with Gasteiger partial charge in [0.05, 0.1) is 35.9 Å². The Labute approximate surface area is 383 Å². The smallest absolute Gasteiger partial charge is 0.497 e. The summed E-state index contributed by atoms with van der Waals surface area (Å²) in [6, 6.07) is 22.0. The predicted molar refractivity (Wildman–Crippen MR) is 237 cm³/mol. The van der Waals surface area contributed by atoms with E-state index in [4.69, 9.17) is 20.8 Å². The third kappa shape index (κ3) is 10.9. The lowest BCUT2D eigenvalue weighted by atomic mass is 9.64. The molecule has 2 bridgehead atoms. The molecule has 4 aromatic carbocycles. The molecule has 16 heteroatoms. The number of ketones is 1. The van der Waals surface area contributed by atoms with Gasteiger partial charge in [0.25, 0.3) is 0 Å². The van der Waals surface area contributed by atoms with E-state index >= 15 is 0 Å². The number of nitrogens with one attached hydrogen (secondary N) is 1. The maximum Gasteiger partial charge on any atom is 0.573 e. The second-order valence-electron chi connectivity index (χ2n) is 17.3. The molecule has 2 amide bonds. The zero-order valence-electron chi connectivity index (χ0n) is 36.4. The van der Waals surface area contributed by atoms with E-state index in [1.807, 2.05) is 26.0 Å². The molecule has 1 fully saturated rings. The molecule has 0 saturated heterocycles. The van der Waals surface area contributed by atoms with Crippen LogP contribution in [0.3, 0.4) is 0 Å². The van der Waals surface area contributed by atoms with Gasteiger partial charge in [0.1, 0.15) is 17.3 Å². The first kappa shape index (κ1) is 48.2. The molecular weight excluding hydrogens is 890 g/mol. The number of alkyl halides is 6. The van der Waals surface area contributed by atoms with Crippen LogP contribution in [0.25, 0.3) is 11.3 Å². The number of anilines is 1. The maximum absolute atomic E-state index is 14.7. The van der Waals surface area contributed by atoms with Crippen LogP contribution in [0.15, 0.2) is 113 Å². The first-order valence-corrected chi connectivity index (χ1v) is 21.8. The van der Waals surface area contributed by atoms with Gasteiger partial charge >= 0.3 is 18.6 Å². The third-order valence-electron chi connectivity index (χ3n) is 12.9. The van der Waals surface area contributed by atoms with Crippen LogP contribution in [0.1, 0.15) is 96.7 Å². The Kier molecular flexibility index (Phi) is 14.0. The number of halogens is 7. The molecule has 0 aliphatic heterocycles. The van der Waals surface area contributed by atoms with Crippen molar-refractivity contribution in [3.63, 3.8) is 0 Å². The van der Waals surface area contributed by atoms with Crippen LogP contribution < -0.4 is 14.8 Å². The zero-order chi connectivity index (χ0) is 47.6. The summed E-state index contributed by atoms with van der Waals surface area (Å²) in [5.74, 6) is -1.19. The summed E-state index contributed by atoms with van der Waals surface area (Å²) >= 11 is 6.33. The molecule has 0 radical (unpaired) electrons. The van der Waals surface area contributed by atoms with E-state index < -0.39 is 58.7 Å². The highest BCUT2D eigenvalue weighted by molar-refractivity contribution is 6.33. The number of furan rings is 1. The van der Waals surface area contributed by atoms with Gasteiger partial charge in [0.2, 0.25) is 5.78 Å². The van der Waals surface area contributed by atoms with Gasteiger partial charge < -0.3 is 34.3 Å². The number of nitrogens with zero attached hydrogens (tertiary/aromatic N) is 1. The van der Waals surface area contributed by atoms with Gasteiger partial charge in [-0.1, -0.05) is 54.4 Å². The molecule has 0 unspecified atom stereocenters. The predicted octanol–water partition coefficient (Wildman–Crippen LogP) is 12.5. The summed E-state index contributed by atoms with van der Waals surface area (Å²) in [5, 5.41) is 27.1. The minimum absolute atomic E-state index is 0.0148. The van der Waals surface area contributed by atoms with Crippen molar-refractivity contribution in [1.29, 1.82) is 0 Å². The number of urea groups is 1. The van der Waals surface area contributed by atoms with Crippen LogP contribution in [0.5, 0.6) is 11.5 Å². The standard InChI is InChI=1S/C50H49ClF6N2O7/c1-30-5-4-23-47(2)41(22-24-48(47,63)29-59(46(62)58-34-11-16-36(64-3)17-12-34)28-31-7-14-37(15-8-31)66-50(55,56)57)38-18-9-32(25-35(60)13-6-30)26-39(38)45(61)44-21-20-43(65-44)40-27-33(49(52,53)54)10-19-42(40)51/h5,7-12,14-21,26-27,35,41,60,63H,4,6,13,22-25,28-29H2,1-3H3,(H,58,62)/t35-,41-,47-,48+/m0/s1. The number of carbonyl (C=O) groups is 2. The van der Waals surface area contributed by atoms with Crippen molar-refractivity contribution in [2.75, 3.05) is 19.0 Å². The minimum atomic E-state index is -4.91. The minimum Gasteiger partial charge on any atom is -0.497 e. The Balaban J connectivity index is 1.27. The largest absolute Gasteiger partial charge is 0.573 e. The lowest BCUT2D eigenvalue weighted by Crippen LogP contribution is -2.54. The van der Waals surface area contributed by atoms with E-state index in [1.54, 1.807) is 30.3 Å². The molecule has 0 spiro atoms. The summed E-state index contributed by atoms with van der Waals surface area (Å²) in [7, 11) is 1.50. The molecular formula is C50H49ClF6N2O7. The summed E-state index contributed by atoms with van der Waals surface area (Å²) < 4.78 is 95.4. The number of carbonyl (C=O) groups excluding carboxylic acids is 2. The lowest BCUT2D eigenvalue weighted by Gasteiger charge is -2.46. The van der Waals surface area contributed by atoms with Crippen molar-refractivity contribution >= 4 is 29.1 Å². The number of aliphatic hydroxyl groups excluding tert-OH is 1. The zero-order valence-corrected chi connectivity index (χ0v) is 37.1. The molecule has 3 aliphatic carbocycles. The van der Waals surface area contributed by atoms with E-state index in [9.17, 15) is 46.1 Å². The third-order valence-corrected chi connectivity index (χ3v) is 13.2. The molecule has 3 aliphatic rings. The number of hydrogen-bond donors (Lipinski definition) is 3. The number of allylic oxidation sites excluding steroid dienone is 2. The van der Waals surface area contributed by atoms with E-state index in [-0.39, 0.29) is 53.6 Å². The van der Waals surface area contributed by atoms with Crippen LogP contribution in [0.4, 0.5) is 36.8 Å². The van der Waals surface area contributed by atoms with Gasteiger partial charge in [-0.05, 0) is 147 Å². The Morgan fingerprint density at radius 1 is 0.909 bits per heavy atom. The highest BCUT2D eigenvalue weighted by Gasteiger charge is 2.58. The summed E-state index contributed by atoms with van der Waals surface area (Å²) in [5.41, 5.74) is -0.282. The Bertz CT molecular complexity index is 2580. The van der Waals surface area contributed by atoms with Gasteiger partial charge in [-0.15, -0.1) is 13.2 Å². The molecule has 4 atom stereocenters. The van der Waals surface area contributed by atoms with Crippen molar-refractivity contribution < 1.29 is 60.0 Å². The van der Waals surface area contributed by atoms with E-state index in [2.05, 4.69) is 16.1 Å². The molecule has 350 valence electrons. The summed E-state index contributed by atoms with van der Waals surface area (Å²) in [6.07, 6.45) is -5.55. The number of fused-ring (bicyclic) bond motifs is 8. The topological polar surface area (TPSA) is 121 Å². The molecule has 66 heavy (non-hydrogen) atoms. The number of benzene rings is 4. The number of amides is 2. The van der Waals surface area contributed by atoms with Gasteiger partial charge in [-0.2, -0.15) is 13.2 Å². The van der Waals surface area contributed by atoms with Crippen LogP contribution in [0, 0.1) is 5.41 Å².